The Balaban J connectivity index is 2.24. The molecule has 0 atom stereocenters. The van der Waals surface area contributed by atoms with E-state index in [0.29, 0.717) is 6.54 Å². The fourth-order valence-electron chi connectivity index (χ4n) is 2.11. The van der Waals surface area contributed by atoms with Crippen LogP contribution in [0.4, 0.5) is 10.1 Å². The van der Waals surface area contributed by atoms with Crippen molar-refractivity contribution >= 4 is 5.69 Å². The SMILES string of the molecule is COc1ccc(CO)cc1CN(C)c1cccc(F)c1. The van der Waals surface area contributed by atoms with E-state index in [2.05, 4.69) is 0 Å². The van der Waals surface area contributed by atoms with Gasteiger partial charge in [0.15, 0.2) is 0 Å². The molecule has 0 bridgehead atoms. The van der Waals surface area contributed by atoms with Gasteiger partial charge in [0.05, 0.1) is 13.7 Å². The Morgan fingerprint density at radius 1 is 1.20 bits per heavy atom. The van der Waals surface area contributed by atoms with E-state index in [0.717, 1.165) is 22.6 Å². The normalized spacial score (nSPS) is 10.4. The number of hydrogen-bond acceptors (Lipinski definition) is 3. The average Bonchev–Trinajstić information content (AvgIpc) is 2.47. The molecule has 0 unspecified atom stereocenters. The molecule has 0 spiro atoms. The van der Waals surface area contributed by atoms with Crippen molar-refractivity contribution in [3.05, 3.63) is 59.4 Å². The minimum atomic E-state index is -0.259. The van der Waals surface area contributed by atoms with Crippen molar-refractivity contribution in [1.82, 2.24) is 0 Å². The molecule has 0 aliphatic heterocycles. The molecule has 0 saturated heterocycles. The third kappa shape index (κ3) is 3.27. The molecule has 106 valence electrons. The molecule has 4 heteroatoms. The number of hydrogen-bond donors (Lipinski definition) is 1. The molecule has 0 amide bonds. The smallest absolute Gasteiger partial charge is 0.125 e. The van der Waals surface area contributed by atoms with Crippen LogP contribution in [-0.2, 0) is 13.2 Å². The first kappa shape index (κ1) is 14.3. The van der Waals surface area contributed by atoms with Gasteiger partial charge in [-0.3, -0.25) is 0 Å². The first-order valence-corrected chi connectivity index (χ1v) is 6.37. The summed E-state index contributed by atoms with van der Waals surface area (Å²) in [5, 5.41) is 9.21. The zero-order chi connectivity index (χ0) is 14.5. The molecule has 0 radical (unpaired) electrons. The maximum Gasteiger partial charge on any atom is 0.125 e. The van der Waals surface area contributed by atoms with Gasteiger partial charge in [0.2, 0.25) is 0 Å². The topological polar surface area (TPSA) is 32.7 Å². The van der Waals surface area contributed by atoms with Crippen LogP contribution in [0.5, 0.6) is 5.75 Å². The molecule has 0 aliphatic rings. The van der Waals surface area contributed by atoms with Gasteiger partial charge < -0.3 is 14.7 Å². The lowest BCUT2D eigenvalue weighted by molar-refractivity contribution is 0.281. The highest BCUT2D eigenvalue weighted by Gasteiger charge is 2.09. The van der Waals surface area contributed by atoms with Crippen LogP contribution < -0.4 is 9.64 Å². The molecule has 0 aliphatic carbocycles. The molecule has 20 heavy (non-hydrogen) atoms. The second-order valence-corrected chi connectivity index (χ2v) is 4.64. The highest BCUT2D eigenvalue weighted by Crippen LogP contribution is 2.24. The van der Waals surface area contributed by atoms with Gasteiger partial charge in [-0.25, -0.2) is 4.39 Å². The van der Waals surface area contributed by atoms with Crippen molar-refractivity contribution in [3.8, 4) is 5.75 Å². The number of nitrogens with zero attached hydrogens (tertiary/aromatic N) is 1. The Kier molecular flexibility index (Phi) is 4.58. The van der Waals surface area contributed by atoms with Gasteiger partial charge in [-0.2, -0.15) is 0 Å². The second-order valence-electron chi connectivity index (χ2n) is 4.64. The lowest BCUT2D eigenvalue weighted by Crippen LogP contribution is -2.17. The lowest BCUT2D eigenvalue weighted by Gasteiger charge is -2.21. The van der Waals surface area contributed by atoms with Crippen molar-refractivity contribution in [1.29, 1.82) is 0 Å². The molecular formula is C16H18FNO2. The maximum atomic E-state index is 13.2. The number of aliphatic hydroxyl groups is 1. The van der Waals surface area contributed by atoms with Crippen LogP contribution in [0.1, 0.15) is 11.1 Å². The Labute approximate surface area is 118 Å². The molecule has 0 aromatic heterocycles. The van der Waals surface area contributed by atoms with Gasteiger partial charge in [0, 0.05) is 24.8 Å². The third-order valence-electron chi connectivity index (χ3n) is 3.18. The minimum Gasteiger partial charge on any atom is -0.496 e. The summed E-state index contributed by atoms with van der Waals surface area (Å²) in [6, 6.07) is 12.0. The van der Waals surface area contributed by atoms with E-state index < -0.39 is 0 Å². The van der Waals surface area contributed by atoms with Crippen LogP contribution in [0.15, 0.2) is 42.5 Å². The first-order valence-electron chi connectivity index (χ1n) is 6.37. The van der Waals surface area contributed by atoms with Crippen LogP contribution in [0.3, 0.4) is 0 Å². The minimum absolute atomic E-state index is 0.0132. The van der Waals surface area contributed by atoms with Gasteiger partial charge in [0.25, 0.3) is 0 Å². The van der Waals surface area contributed by atoms with Crippen LogP contribution in [0, 0.1) is 5.82 Å². The second kappa shape index (κ2) is 6.39. The number of aliphatic hydroxyl groups excluding tert-OH is 1. The fraction of sp³-hybridized carbons (Fsp3) is 0.250. The molecular weight excluding hydrogens is 257 g/mol. The third-order valence-corrected chi connectivity index (χ3v) is 3.18. The van der Waals surface area contributed by atoms with Crippen LogP contribution in [0.2, 0.25) is 0 Å². The van der Waals surface area contributed by atoms with Crippen molar-refractivity contribution < 1.29 is 14.2 Å². The summed E-state index contributed by atoms with van der Waals surface area (Å²) in [4.78, 5) is 1.93. The number of halogens is 1. The molecule has 1 N–H and O–H groups in total. The Bertz CT molecular complexity index is 586. The van der Waals surface area contributed by atoms with E-state index in [1.165, 1.54) is 12.1 Å². The molecule has 0 fully saturated rings. The number of benzene rings is 2. The summed E-state index contributed by atoms with van der Waals surface area (Å²) in [6.07, 6.45) is 0. The van der Waals surface area contributed by atoms with Gasteiger partial charge in [-0.15, -0.1) is 0 Å². The number of anilines is 1. The molecule has 2 rings (SSSR count). The lowest BCUT2D eigenvalue weighted by atomic mass is 10.1. The molecule has 2 aromatic carbocycles. The molecule has 2 aromatic rings. The Morgan fingerprint density at radius 3 is 2.65 bits per heavy atom. The predicted molar refractivity (Wildman–Crippen MR) is 77.4 cm³/mol. The van der Waals surface area contributed by atoms with E-state index in [4.69, 9.17) is 4.74 Å². The van der Waals surface area contributed by atoms with Crippen molar-refractivity contribution in [3.63, 3.8) is 0 Å². The fourth-order valence-corrected chi connectivity index (χ4v) is 2.11. The van der Waals surface area contributed by atoms with E-state index in [1.54, 1.807) is 13.2 Å². The highest BCUT2D eigenvalue weighted by molar-refractivity contribution is 5.48. The monoisotopic (exact) mass is 275 g/mol. The summed E-state index contributed by atoms with van der Waals surface area (Å²) in [5.41, 5.74) is 2.57. The molecule has 3 nitrogen and oxygen atoms in total. The Morgan fingerprint density at radius 2 is 2.00 bits per heavy atom. The van der Waals surface area contributed by atoms with E-state index in [9.17, 15) is 9.50 Å². The highest BCUT2D eigenvalue weighted by atomic mass is 19.1. The van der Waals surface area contributed by atoms with Gasteiger partial charge >= 0.3 is 0 Å². The number of rotatable bonds is 5. The van der Waals surface area contributed by atoms with Gasteiger partial charge in [-0.05, 0) is 35.9 Å². The van der Waals surface area contributed by atoms with Crippen LogP contribution in [-0.4, -0.2) is 19.3 Å². The van der Waals surface area contributed by atoms with E-state index in [-0.39, 0.29) is 12.4 Å². The largest absolute Gasteiger partial charge is 0.496 e. The van der Waals surface area contributed by atoms with Crippen LogP contribution >= 0.6 is 0 Å². The summed E-state index contributed by atoms with van der Waals surface area (Å²) in [6.45, 7) is 0.557. The van der Waals surface area contributed by atoms with E-state index >= 15 is 0 Å². The molecule has 0 heterocycles. The summed E-state index contributed by atoms with van der Waals surface area (Å²) in [5.74, 6) is 0.496. The van der Waals surface area contributed by atoms with Gasteiger partial charge in [0.1, 0.15) is 11.6 Å². The zero-order valence-corrected chi connectivity index (χ0v) is 11.6. The average molecular weight is 275 g/mol. The summed E-state index contributed by atoms with van der Waals surface area (Å²) in [7, 11) is 3.50. The number of ether oxygens (including phenoxy) is 1. The quantitative estimate of drug-likeness (QED) is 0.910. The molecule has 0 saturated carbocycles. The standard InChI is InChI=1S/C16H18FNO2/c1-18(15-5-3-4-14(17)9-15)10-13-8-12(11-19)6-7-16(13)20-2/h3-9,19H,10-11H2,1-2H3. The Hall–Kier alpha value is -2.07. The van der Waals surface area contributed by atoms with Gasteiger partial charge in [-0.1, -0.05) is 12.1 Å². The van der Waals surface area contributed by atoms with Crippen molar-refractivity contribution in [2.75, 3.05) is 19.1 Å². The first-order chi connectivity index (χ1) is 9.63. The maximum absolute atomic E-state index is 13.2. The van der Waals surface area contributed by atoms with E-state index in [1.807, 2.05) is 36.2 Å². The van der Waals surface area contributed by atoms with Crippen molar-refractivity contribution in [2.45, 2.75) is 13.2 Å². The number of methoxy groups -OCH3 is 1. The predicted octanol–water partition coefficient (Wildman–Crippen LogP) is 2.96. The zero-order valence-electron chi connectivity index (χ0n) is 11.6. The summed E-state index contributed by atoms with van der Waals surface area (Å²) < 4.78 is 18.6. The summed E-state index contributed by atoms with van der Waals surface area (Å²) >= 11 is 0. The van der Waals surface area contributed by atoms with Crippen LogP contribution in [0.25, 0.3) is 0 Å². The van der Waals surface area contributed by atoms with Crippen molar-refractivity contribution in [2.24, 2.45) is 0 Å².